The first-order valence-corrected chi connectivity index (χ1v) is 8.20. The number of anilines is 2. The molecule has 1 aliphatic rings. The Morgan fingerprint density at radius 3 is 2.75 bits per heavy atom. The average molecular weight is 321 g/mol. The molecular formula is C18H19N5O. The topological polar surface area (TPSA) is 86.0 Å². The molecule has 1 saturated carbocycles. The van der Waals surface area contributed by atoms with Gasteiger partial charge in [-0.15, -0.1) is 0 Å². The van der Waals surface area contributed by atoms with Crippen molar-refractivity contribution in [1.82, 2.24) is 15.0 Å². The van der Waals surface area contributed by atoms with Crippen LogP contribution in [0.5, 0.6) is 11.6 Å². The Kier molecular flexibility index (Phi) is 3.86. The van der Waals surface area contributed by atoms with E-state index < -0.39 is 0 Å². The van der Waals surface area contributed by atoms with Crippen LogP contribution in [0.15, 0.2) is 42.9 Å². The van der Waals surface area contributed by atoms with Gasteiger partial charge < -0.3 is 15.8 Å². The third-order valence-corrected chi connectivity index (χ3v) is 4.35. The predicted octanol–water partition coefficient (Wildman–Crippen LogP) is 3.75. The van der Waals surface area contributed by atoms with E-state index in [1.807, 2.05) is 30.3 Å². The molecule has 6 nitrogen and oxygen atoms in total. The lowest BCUT2D eigenvalue weighted by atomic mass is 10.2. The van der Waals surface area contributed by atoms with Crippen LogP contribution in [0.3, 0.4) is 0 Å². The lowest BCUT2D eigenvalue weighted by Gasteiger charge is -2.16. The molecule has 6 heteroatoms. The molecule has 0 spiro atoms. The van der Waals surface area contributed by atoms with Crippen molar-refractivity contribution in [3.8, 4) is 11.6 Å². The molecule has 4 rings (SSSR count). The number of nitrogens with one attached hydrogen (secondary N) is 1. The first-order chi connectivity index (χ1) is 11.8. The fraction of sp³-hybridized carbons (Fsp3) is 0.278. The van der Waals surface area contributed by atoms with Crippen molar-refractivity contribution in [2.75, 3.05) is 11.1 Å². The van der Waals surface area contributed by atoms with Crippen molar-refractivity contribution in [3.63, 3.8) is 0 Å². The van der Waals surface area contributed by atoms with Crippen LogP contribution in [0.4, 0.5) is 11.5 Å². The maximum absolute atomic E-state index is 6.22. The summed E-state index contributed by atoms with van der Waals surface area (Å²) in [7, 11) is 0. The van der Waals surface area contributed by atoms with Crippen molar-refractivity contribution in [2.24, 2.45) is 0 Å². The standard InChI is InChI=1S/C18H19N5O/c19-15-17(23-13-7-1-2-8-13)21-11-22-18(15)24-14-9-3-5-12-6-4-10-20-16(12)14/h3-6,9-11,13H,1-2,7-8,19H2,(H,21,22,23). The van der Waals surface area contributed by atoms with Crippen LogP contribution >= 0.6 is 0 Å². The molecule has 0 saturated heterocycles. The average Bonchev–Trinajstić information content (AvgIpc) is 3.12. The van der Waals surface area contributed by atoms with E-state index in [1.165, 1.54) is 19.2 Å². The third kappa shape index (κ3) is 2.82. The van der Waals surface area contributed by atoms with Gasteiger partial charge in [0.05, 0.1) is 0 Å². The Labute approximate surface area is 140 Å². The van der Waals surface area contributed by atoms with Gasteiger partial charge in [-0.05, 0) is 25.0 Å². The molecule has 0 radical (unpaired) electrons. The minimum Gasteiger partial charge on any atom is -0.435 e. The molecule has 3 N–H and O–H groups in total. The Morgan fingerprint density at radius 2 is 1.88 bits per heavy atom. The zero-order valence-corrected chi connectivity index (χ0v) is 13.3. The van der Waals surface area contributed by atoms with Crippen LogP contribution in [0.2, 0.25) is 0 Å². The summed E-state index contributed by atoms with van der Waals surface area (Å²) in [5.41, 5.74) is 7.43. The number of rotatable bonds is 4. The van der Waals surface area contributed by atoms with Crippen LogP contribution in [0, 0.1) is 0 Å². The number of hydrogen-bond acceptors (Lipinski definition) is 6. The summed E-state index contributed by atoms with van der Waals surface area (Å²) in [6.07, 6.45) is 7.99. The van der Waals surface area contributed by atoms with Crippen molar-refractivity contribution in [3.05, 3.63) is 42.9 Å². The number of hydrogen-bond donors (Lipinski definition) is 2. The number of nitrogen functional groups attached to an aromatic ring is 1. The zero-order valence-electron chi connectivity index (χ0n) is 13.3. The van der Waals surface area contributed by atoms with Crippen molar-refractivity contribution in [2.45, 2.75) is 31.7 Å². The summed E-state index contributed by atoms with van der Waals surface area (Å²) in [5.74, 6) is 1.62. The van der Waals surface area contributed by atoms with Gasteiger partial charge >= 0.3 is 0 Å². The Balaban J connectivity index is 1.64. The number of benzene rings is 1. The number of nitrogens with zero attached hydrogens (tertiary/aromatic N) is 3. The maximum Gasteiger partial charge on any atom is 0.248 e. The van der Waals surface area contributed by atoms with Crippen LogP contribution in [0.1, 0.15) is 25.7 Å². The highest BCUT2D eigenvalue weighted by atomic mass is 16.5. The van der Waals surface area contributed by atoms with Gasteiger partial charge in [0.25, 0.3) is 0 Å². The molecule has 0 aliphatic heterocycles. The second-order valence-electron chi connectivity index (χ2n) is 6.00. The molecule has 0 unspecified atom stereocenters. The van der Waals surface area contributed by atoms with E-state index in [0.29, 0.717) is 29.2 Å². The van der Waals surface area contributed by atoms with Gasteiger partial charge in [-0.3, -0.25) is 4.98 Å². The van der Waals surface area contributed by atoms with E-state index in [-0.39, 0.29) is 0 Å². The van der Waals surface area contributed by atoms with Crippen LogP contribution < -0.4 is 15.8 Å². The van der Waals surface area contributed by atoms with E-state index >= 15 is 0 Å². The van der Waals surface area contributed by atoms with Gasteiger partial charge in [-0.1, -0.05) is 31.0 Å². The summed E-state index contributed by atoms with van der Waals surface area (Å²) in [6, 6.07) is 10.1. The molecule has 0 amide bonds. The Morgan fingerprint density at radius 1 is 1.04 bits per heavy atom. The number of ether oxygens (including phenoxy) is 1. The fourth-order valence-electron chi connectivity index (χ4n) is 3.10. The van der Waals surface area contributed by atoms with Crippen molar-refractivity contribution in [1.29, 1.82) is 0 Å². The van der Waals surface area contributed by atoms with Gasteiger partial charge in [-0.25, -0.2) is 4.98 Å². The second kappa shape index (κ2) is 6.31. The molecule has 0 bridgehead atoms. The van der Waals surface area contributed by atoms with Crippen LogP contribution in [0.25, 0.3) is 10.9 Å². The molecule has 1 aliphatic carbocycles. The van der Waals surface area contributed by atoms with Gasteiger partial charge in [0.15, 0.2) is 11.6 Å². The highest BCUT2D eigenvalue weighted by molar-refractivity contribution is 5.84. The van der Waals surface area contributed by atoms with Crippen molar-refractivity contribution >= 4 is 22.4 Å². The SMILES string of the molecule is Nc1c(NC2CCCC2)ncnc1Oc1cccc2cccnc12. The third-order valence-electron chi connectivity index (χ3n) is 4.35. The first kappa shape index (κ1) is 14.7. The van der Waals surface area contributed by atoms with E-state index in [1.54, 1.807) is 6.20 Å². The minimum absolute atomic E-state index is 0.351. The van der Waals surface area contributed by atoms with E-state index in [9.17, 15) is 0 Å². The summed E-state index contributed by atoms with van der Waals surface area (Å²) in [5, 5.41) is 4.41. The van der Waals surface area contributed by atoms with Crippen LogP contribution in [-0.2, 0) is 0 Å². The second-order valence-corrected chi connectivity index (χ2v) is 6.00. The van der Waals surface area contributed by atoms with Gasteiger partial charge in [0.2, 0.25) is 5.88 Å². The number of para-hydroxylation sites is 1. The minimum atomic E-state index is 0.351. The summed E-state index contributed by atoms with van der Waals surface area (Å²) < 4.78 is 5.95. The smallest absolute Gasteiger partial charge is 0.248 e. The Bertz CT molecular complexity index is 856. The molecule has 1 aromatic carbocycles. The Hall–Kier alpha value is -2.89. The van der Waals surface area contributed by atoms with E-state index in [0.717, 1.165) is 23.7 Å². The summed E-state index contributed by atoms with van der Waals surface area (Å²) >= 11 is 0. The van der Waals surface area contributed by atoms with Crippen molar-refractivity contribution < 1.29 is 4.74 Å². The molecule has 2 aromatic heterocycles. The van der Waals surface area contributed by atoms with Gasteiger partial charge in [0, 0.05) is 17.6 Å². The fourth-order valence-corrected chi connectivity index (χ4v) is 3.10. The lowest BCUT2D eigenvalue weighted by molar-refractivity contribution is 0.468. The van der Waals surface area contributed by atoms with E-state index in [4.69, 9.17) is 10.5 Å². The molecule has 2 heterocycles. The number of fused-ring (bicyclic) bond motifs is 1. The van der Waals surface area contributed by atoms with Gasteiger partial charge in [0.1, 0.15) is 17.5 Å². The number of nitrogens with two attached hydrogens (primary N) is 1. The largest absolute Gasteiger partial charge is 0.435 e. The first-order valence-electron chi connectivity index (χ1n) is 8.20. The lowest BCUT2D eigenvalue weighted by Crippen LogP contribution is -2.17. The molecule has 0 atom stereocenters. The molecule has 1 fully saturated rings. The zero-order chi connectivity index (χ0) is 16.4. The molecular weight excluding hydrogens is 302 g/mol. The molecule has 122 valence electrons. The highest BCUT2D eigenvalue weighted by Crippen LogP contribution is 2.33. The van der Waals surface area contributed by atoms with Gasteiger partial charge in [-0.2, -0.15) is 4.98 Å². The monoisotopic (exact) mass is 321 g/mol. The molecule has 3 aromatic rings. The summed E-state index contributed by atoms with van der Waals surface area (Å²) in [6.45, 7) is 0. The normalized spacial score (nSPS) is 14.8. The molecule has 24 heavy (non-hydrogen) atoms. The highest BCUT2D eigenvalue weighted by Gasteiger charge is 2.18. The van der Waals surface area contributed by atoms with Crippen LogP contribution in [-0.4, -0.2) is 21.0 Å². The number of aromatic nitrogens is 3. The maximum atomic E-state index is 6.22. The van der Waals surface area contributed by atoms with E-state index in [2.05, 4.69) is 20.3 Å². The summed E-state index contributed by atoms with van der Waals surface area (Å²) in [4.78, 5) is 12.8. The predicted molar refractivity (Wildman–Crippen MR) is 94.1 cm³/mol. The number of pyridine rings is 1. The quantitative estimate of drug-likeness (QED) is 0.761.